The second kappa shape index (κ2) is 6.11. The second-order valence-corrected chi connectivity index (χ2v) is 5.49. The van der Waals surface area contributed by atoms with Gasteiger partial charge in [-0.1, -0.05) is 0 Å². The second-order valence-electron chi connectivity index (χ2n) is 4.35. The van der Waals surface area contributed by atoms with E-state index in [9.17, 15) is 9.59 Å². The van der Waals surface area contributed by atoms with Crippen LogP contribution >= 0.6 is 11.3 Å². The van der Waals surface area contributed by atoms with E-state index in [0.717, 1.165) is 24.0 Å². The third kappa shape index (κ3) is 2.97. The third-order valence-corrected chi connectivity index (χ3v) is 4.27. The molecule has 1 aliphatic heterocycles. The zero-order valence-corrected chi connectivity index (χ0v) is 11.2. The lowest BCUT2D eigenvalue weighted by Gasteiger charge is -2.27. The quantitative estimate of drug-likeness (QED) is 0.671. The van der Waals surface area contributed by atoms with Crippen molar-refractivity contribution in [3.05, 3.63) is 21.9 Å². The van der Waals surface area contributed by atoms with Crippen molar-refractivity contribution in [2.45, 2.75) is 25.8 Å². The zero-order chi connectivity index (χ0) is 13.0. The predicted molar refractivity (Wildman–Crippen MR) is 69.8 cm³/mol. The van der Waals surface area contributed by atoms with Gasteiger partial charge >= 0.3 is 5.97 Å². The van der Waals surface area contributed by atoms with Crippen LogP contribution in [0, 0.1) is 5.92 Å². The van der Waals surface area contributed by atoms with Crippen LogP contribution in [0.25, 0.3) is 0 Å². The normalized spacial score (nSPS) is 23.6. The molecule has 2 rings (SSSR count). The maximum atomic E-state index is 11.6. The summed E-state index contributed by atoms with van der Waals surface area (Å²) in [7, 11) is 0. The number of piperidine rings is 1. The van der Waals surface area contributed by atoms with E-state index in [0.29, 0.717) is 13.2 Å². The first-order chi connectivity index (χ1) is 8.74. The van der Waals surface area contributed by atoms with Gasteiger partial charge in [0.1, 0.15) is 0 Å². The fourth-order valence-electron chi connectivity index (χ4n) is 2.18. The molecule has 1 fully saturated rings. The molecular formula is C13H17NO3S. The third-order valence-electron chi connectivity index (χ3n) is 3.14. The fourth-order valence-corrected chi connectivity index (χ4v) is 3.12. The van der Waals surface area contributed by atoms with Crippen LogP contribution in [0.1, 0.15) is 40.4 Å². The van der Waals surface area contributed by atoms with Gasteiger partial charge in [-0.15, -0.1) is 11.3 Å². The topological polar surface area (TPSA) is 55.4 Å². The molecule has 1 N–H and O–H groups in total. The van der Waals surface area contributed by atoms with Crippen LogP contribution in [0.3, 0.4) is 0 Å². The molecule has 0 saturated carbocycles. The lowest BCUT2D eigenvalue weighted by molar-refractivity contribution is -0.148. The molecule has 1 aliphatic rings. The Balaban J connectivity index is 1.90. The summed E-state index contributed by atoms with van der Waals surface area (Å²) in [6, 6.07) is 4.08. The first kappa shape index (κ1) is 13.2. The van der Waals surface area contributed by atoms with Gasteiger partial charge in [-0.05, 0) is 31.9 Å². The summed E-state index contributed by atoms with van der Waals surface area (Å²) in [5.74, 6) is -0.144. The number of thiophene rings is 1. The van der Waals surface area contributed by atoms with Gasteiger partial charge in [0.05, 0.1) is 17.4 Å². The minimum absolute atomic E-state index is 0.0355. The average molecular weight is 267 g/mol. The molecule has 0 aromatic carbocycles. The molecule has 2 atom stereocenters. The molecule has 0 bridgehead atoms. The highest BCUT2D eigenvalue weighted by molar-refractivity contribution is 7.13. The lowest BCUT2D eigenvalue weighted by atomic mass is 9.94. The van der Waals surface area contributed by atoms with Crippen molar-refractivity contribution < 1.29 is 14.3 Å². The van der Waals surface area contributed by atoms with Crippen LogP contribution in [0.4, 0.5) is 0 Å². The van der Waals surface area contributed by atoms with Gasteiger partial charge < -0.3 is 10.1 Å². The maximum Gasteiger partial charge on any atom is 0.310 e. The summed E-state index contributed by atoms with van der Waals surface area (Å²) >= 11 is 1.51. The standard InChI is InChI=1S/C13H17NO3S/c1-2-17-13(16)9-3-5-11(14-7-9)12-6-4-10(8-15)18-12/h4,6,8-9,11,14H,2-3,5,7H2,1H3. The molecule has 0 aliphatic carbocycles. The number of esters is 1. The van der Waals surface area contributed by atoms with Crippen LogP contribution < -0.4 is 5.32 Å². The molecule has 1 aromatic heterocycles. The number of rotatable bonds is 4. The van der Waals surface area contributed by atoms with Gasteiger partial charge in [0, 0.05) is 17.5 Å². The number of hydrogen-bond donors (Lipinski definition) is 1. The monoisotopic (exact) mass is 267 g/mol. The molecule has 5 heteroatoms. The molecule has 0 amide bonds. The molecule has 1 saturated heterocycles. The molecule has 2 heterocycles. The number of carbonyl (C=O) groups excluding carboxylic acids is 2. The largest absolute Gasteiger partial charge is 0.466 e. The fraction of sp³-hybridized carbons (Fsp3) is 0.538. The van der Waals surface area contributed by atoms with Gasteiger partial charge in [0.2, 0.25) is 0 Å². The van der Waals surface area contributed by atoms with E-state index in [1.165, 1.54) is 16.2 Å². The highest BCUT2D eigenvalue weighted by Crippen LogP contribution is 2.30. The van der Waals surface area contributed by atoms with Crippen molar-refractivity contribution >= 4 is 23.6 Å². The number of aldehydes is 1. The summed E-state index contributed by atoms with van der Waals surface area (Å²) in [5.41, 5.74) is 0. The highest BCUT2D eigenvalue weighted by Gasteiger charge is 2.28. The minimum Gasteiger partial charge on any atom is -0.466 e. The molecule has 18 heavy (non-hydrogen) atoms. The Bertz CT molecular complexity index is 422. The van der Waals surface area contributed by atoms with E-state index >= 15 is 0 Å². The van der Waals surface area contributed by atoms with Crippen molar-refractivity contribution in [2.75, 3.05) is 13.2 Å². The molecule has 4 nitrogen and oxygen atoms in total. The van der Waals surface area contributed by atoms with Crippen molar-refractivity contribution in [1.29, 1.82) is 0 Å². The van der Waals surface area contributed by atoms with Crippen LogP contribution in [-0.2, 0) is 9.53 Å². The molecule has 98 valence electrons. The Labute approximate surface area is 110 Å². The average Bonchev–Trinajstić information content (AvgIpc) is 2.88. The van der Waals surface area contributed by atoms with Gasteiger partial charge in [0.15, 0.2) is 6.29 Å². The molecule has 0 radical (unpaired) electrons. The van der Waals surface area contributed by atoms with E-state index < -0.39 is 0 Å². The Morgan fingerprint density at radius 3 is 2.94 bits per heavy atom. The molecule has 1 aromatic rings. The van der Waals surface area contributed by atoms with E-state index in [1.54, 1.807) is 0 Å². The Morgan fingerprint density at radius 2 is 2.39 bits per heavy atom. The summed E-state index contributed by atoms with van der Waals surface area (Å²) in [6.45, 7) is 2.91. The predicted octanol–water partition coefficient (Wildman–Crippen LogP) is 2.16. The lowest BCUT2D eigenvalue weighted by Crippen LogP contribution is -2.37. The van der Waals surface area contributed by atoms with Gasteiger partial charge in [0.25, 0.3) is 0 Å². The van der Waals surface area contributed by atoms with E-state index in [-0.39, 0.29) is 17.9 Å². The van der Waals surface area contributed by atoms with E-state index in [2.05, 4.69) is 5.32 Å². The summed E-state index contributed by atoms with van der Waals surface area (Å²) in [6.07, 6.45) is 2.62. The highest BCUT2D eigenvalue weighted by atomic mass is 32.1. The van der Waals surface area contributed by atoms with Crippen molar-refractivity contribution in [3.63, 3.8) is 0 Å². The smallest absolute Gasteiger partial charge is 0.310 e. The number of ether oxygens (including phenoxy) is 1. The van der Waals surface area contributed by atoms with Crippen LogP contribution in [0.2, 0.25) is 0 Å². The minimum atomic E-state index is -0.108. The SMILES string of the molecule is CCOC(=O)C1CCC(c2ccc(C=O)s2)NC1. The summed E-state index contributed by atoms with van der Waals surface area (Å²) in [4.78, 5) is 24.1. The van der Waals surface area contributed by atoms with Crippen LogP contribution in [0.5, 0.6) is 0 Å². The number of hydrogen-bond acceptors (Lipinski definition) is 5. The van der Waals surface area contributed by atoms with Crippen molar-refractivity contribution in [3.8, 4) is 0 Å². The zero-order valence-electron chi connectivity index (χ0n) is 10.3. The molecular weight excluding hydrogens is 250 g/mol. The van der Waals surface area contributed by atoms with Crippen molar-refractivity contribution in [2.24, 2.45) is 5.92 Å². The van der Waals surface area contributed by atoms with Gasteiger partial charge in [-0.2, -0.15) is 0 Å². The molecule has 2 unspecified atom stereocenters. The number of carbonyl (C=O) groups is 2. The van der Waals surface area contributed by atoms with Crippen LogP contribution in [-0.4, -0.2) is 25.4 Å². The van der Waals surface area contributed by atoms with Crippen molar-refractivity contribution in [1.82, 2.24) is 5.32 Å². The molecule has 0 spiro atoms. The van der Waals surface area contributed by atoms with Gasteiger partial charge in [-0.25, -0.2) is 0 Å². The first-order valence-electron chi connectivity index (χ1n) is 6.19. The summed E-state index contributed by atoms with van der Waals surface area (Å²) < 4.78 is 5.02. The van der Waals surface area contributed by atoms with Crippen LogP contribution in [0.15, 0.2) is 12.1 Å². The van der Waals surface area contributed by atoms with Gasteiger partial charge in [-0.3, -0.25) is 9.59 Å². The Hall–Kier alpha value is -1.20. The number of nitrogens with one attached hydrogen (secondary N) is 1. The Kier molecular flexibility index (Phi) is 4.49. The Morgan fingerprint density at radius 1 is 1.56 bits per heavy atom. The maximum absolute atomic E-state index is 11.6. The first-order valence-corrected chi connectivity index (χ1v) is 7.01. The van der Waals surface area contributed by atoms with E-state index in [1.807, 2.05) is 19.1 Å². The van der Waals surface area contributed by atoms with E-state index in [4.69, 9.17) is 4.74 Å². The summed E-state index contributed by atoms with van der Waals surface area (Å²) in [5, 5.41) is 3.36.